The van der Waals surface area contributed by atoms with Crippen molar-refractivity contribution in [2.75, 3.05) is 13.2 Å². The zero-order chi connectivity index (χ0) is 11.7. The highest BCUT2D eigenvalue weighted by molar-refractivity contribution is 6.29. The van der Waals surface area contributed by atoms with Crippen molar-refractivity contribution in [3.63, 3.8) is 0 Å². The molecule has 0 aromatic heterocycles. The number of unbranched alkanes of at least 4 members (excludes halogenated alkanes) is 2. The Bertz CT molecular complexity index is 199. The Morgan fingerprint density at radius 3 is 2.20 bits per heavy atom. The second-order valence-corrected chi connectivity index (χ2v) is 3.84. The van der Waals surface area contributed by atoms with Gasteiger partial charge in [0.1, 0.15) is 0 Å². The highest BCUT2D eigenvalue weighted by Crippen LogP contribution is 1.97. The van der Waals surface area contributed by atoms with E-state index in [-0.39, 0.29) is 12.5 Å². The average Bonchev–Trinajstić information content (AvgIpc) is 2.20. The molecule has 88 valence electrons. The normalized spacial score (nSPS) is 10.1. The summed E-state index contributed by atoms with van der Waals surface area (Å²) in [6.45, 7) is 6.41. The van der Waals surface area contributed by atoms with Crippen LogP contribution in [-0.4, -0.2) is 25.2 Å². The number of rotatable bonds is 6. The number of carbonyl (C=O) groups is 2. The van der Waals surface area contributed by atoms with Crippen LogP contribution in [0.25, 0.3) is 0 Å². The van der Waals surface area contributed by atoms with Crippen LogP contribution in [0.15, 0.2) is 0 Å². The van der Waals surface area contributed by atoms with Gasteiger partial charge < -0.3 is 9.47 Å². The van der Waals surface area contributed by atoms with Gasteiger partial charge in [-0.1, -0.05) is 33.6 Å². The van der Waals surface area contributed by atoms with E-state index in [4.69, 9.17) is 9.47 Å². The Hall–Kier alpha value is -1.06. The molecule has 4 nitrogen and oxygen atoms in total. The lowest BCUT2D eigenvalue weighted by molar-refractivity contribution is -0.168. The Balaban J connectivity index is 3.56. The molecule has 0 spiro atoms. The maximum absolute atomic E-state index is 11.0. The topological polar surface area (TPSA) is 52.6 Å². The molecule has 0 radical (unpaired) electrons. The van der Waals surface area contributed by atoms with Gasteiger partial charge in [-0.2, -0.15) is 0 Å². The van der Waals surface area contributed by atoms with E-state index in [2.05, 4.69) is 6.92 Å². The van der Waals surface area contributed by atoms with Crippen LogP contribution in [0.2, 0.25) is 0 Å². The van der Waals surface area contributed by atoms with Gasteiger partial charge in [-0.15, -0.1) is 0 Å². The van der Waals surface area contributed by atoms with Crippen molar-refractivity contribution in [2.45, 2.75) is 40.0 Å². The summed E-state index contributed by atoms with van der Waals surface area (Å²) in [5.41, 5.74) is 0. The van der Waals surface area contributed by atoms with Crippen molar-refractivity contribution in [3.8, 4) is 0 Å². The quantitative estimate of drug-likeness (QED) is 0.386. The summed E-state index contributed by atoms with van der Waals surface area (Å²) in [5, 5.41) is 0. The molecule has 0 aliphatic rings. The average molecular weight is 216 g/mol. The lowest BCUT2D eigenvalue weighted by Gasteiger charge is -2.06. The molecule has 0 aromatic carbocycles. The monoisotopic (exact) mass is 216 g/mol. The van der Waals surface area contributed by atoms with Crippen LogP contribution in [0.5, 0.6) is 0 Å². The fraction of sp³-hybridized carbons (Fsp3) is 0.818. The van der Waals surface area contributed by atoms with E-state index in [1.54, 1.807) is 0 Å². The summed E-state index contributed by atoms with van der Waals surface area (Å²) in [6, 6.07) is 0. The second-order valence-electron chi connectivity index (χ2n) is 3.84. The van der Waals surface area contributed by atoms with E-state index >= 15 is 0 Å². The van der Waals surface area contributed by atoms with Crippen LogP contribution >= 0.6 is 0 Å². The van der Waals surface area contributed by atoms with Crippen molar-refractivity contribution < 1.29 is 19.1 Å². The third kappa shape index (κ3) is 7.97. The Morgan fingerprint density at radius 2 is 1.67 bits per heavy atom. The van der Waals surface area contributed by atoms with Crippen molar-refractivity contribution in [3.05, 3.63) is 0 Å². The number of hydrogen-bond donors (Lipinski definition) is 0. The molecule has 0 saturated heterocycles. The van der Waals surface area contributed by atoms with Gasteiger partial charge in [-0.3, -0.25) is 0 Å². The molecule has 0 amide bonds. The molecular formula is C11H20O4. The largest absolute Gasteiger partial charge is 0.457 e. The van der Waals surface area contributed by atoms with Gasteiger partial charge in [0, 0.05) is 0 Å². The van der Waals surface area contributed by atoms with Crippen LogP contribution in [0.3, 0.4) is 0 Å². The summed E-state index contributed by atoms with van der Waals surface area (Å²) < 4.78 is 9.43. The SMILES string of the molecule is CCCCCOC(=O)C(=O)OCC(C)C. The van der Waals surface area contributed by atoms with E-state index in [1.165, 1.54) is 0 Å². The summed E-state index contributed by atoms with van der Waals surface area (Å²) in [5.74, 6) is -1.55. The third-order valence-electron chi connectivity index (χ3n) is 1.70. The van der Waals surface area contributed by atoms with E-state index in [0.717, 1.165) is 19.3 Å². The molecule has 15 heavy (non-hydrogen) atoms. The fourth-order valence-electron chi connectivity index (χ4n) is 0.877. The van der Waals surface area contributed by atoms with E-state index in [0.29, 0.717) is 6.61 Å². The van der Waals surface area contributed by atoms with Crippen LogP contribution in [0.4, 0.5) is 0 Å². The van der Waals surface area contributed by atoms with Gasteiger partial charge in [0.15, 0.2) is 0 Å². The fourth-order valence-corrected chi connectivity index (χ4v) is 0.877. The molecule has 0 N–H and O–H groups in total. The molecule has 0 heterocycles. The molecule has 0 saturated carbocycles. The summed E-state index contributed by atoms with van der Waals surface area (Å²) in [6.07, 6.45) is 2.84. The number of carbonyl (C=O) groups excluding carboxylic acids is 2. The van der Waals surface area contributed by atoms with Gasteiger partial charge in [0.05, 0.1) is 13.2 Å². The molecule has 0 aliphatic carbocycles. The molecule has 0 aromatic rings. The number of ether oxygens (including phenoxy) is 2. The van der Waals surface area contributed by atoms with E-state index in [9.17, 15) is 9.59 Å². The summed E-state index contributed by atoms with van der Waals surface area (Å²) in [4.78, 5) is 22.0. The van der Waals surface area contributed by atoms with E-state index < -0.39 is 11.9 Å². The Kier molecular flexibility index (Phi) is 7.68. The third-order valence-corrected chi connectivity index (χ3v) is 1.70. The lowest BCUT2D eigenvalue weighted by Crippen LogP contribution is -2.22. The Labute approximate surface area is 90.9 Å². The van der Waals surface area contributed by atoms with Gasteiger partial charge in [0.25, 0.3) is 0 Å². The minimum Gasteiger partial charge on any atom is -0.457 e. The summed E-state index contributed by atoms with van der Waals surface area (Å²) in [7, 11) is 0. The highest BCUT2D eigenvalue weighted by atomic mass is 16.6. The standard InChI is InChI=1S/C11H20O4/c1-4-5-6-7-14-10(12)11(13)15-8-9(2)3/h9H,4-8H2,1-3H3. The lowest BCUT2D eigenvalue weighted by atomic mass is 10.2. The van der Waals surface area contributed by atoms with Crippen LogP contribution < -0.4 is 0 Å². The first-order valence-electron chi connectivity index (χ1n) is 5.41. The number of hydrogen-bond acceptors (Lipinski definition) is 4. The van der Waals surface area contributed by atoms with Gasteiger partial charge in [-0.05, 0) is 12.3 Å². The summed E-state index contributed by atoms with van der Waals surface area (Å²) >= 11 is 0. The first-order valence-corrected chi connectivity index (χ1v) is 5.41. The van der Waals surface area contributed by atoms with Crippen LogP contribution in [0.1, 0.15) is 40.0 Å². The van der Waals surface area contributed by atoms with Gasteiger partial charge >= 0.3 is 11.9 Å². The highest BCUT2D eigenvalue weighted by Gasteiger charge is 2.17. The van der Waals surface area contributed by atoms with Crippen molar-refractivity contribution in [2.24, 2.45) is 5.92 Å². The molecule has 0 unspecified atom stereocenters. The predicted molar refractivity (Wildman–Crippen MR) is 56.3 cm³/mol. The Morgan fingerprint density at radius 1 is 1.07 bits per heavy atom. The molecule has 0 aliphatic heterocycles. The van der Waals surface area contributed by atoms with Crippen LogP contribution in [0, 0.1) is 5.92 Å². The van der Waals surface area contributed by atoms with Crippen molar-refractivity contribution >= 4 is 11.9 Å². The molecular weight excluding hydrogens is 196 g/mol. The molecule has 0 atom stereocenters. The minimum atomic E-state index is -0.889. The minimum absolute atomic E-state index is 0.224. The maximum Gasteiger partial charge on any atom is 0.417 e. The molecule has 4 heteroatoms. The first-order chi connectivity index (χ1) is 7.07. The number of esters is 2. The van der Waals surface area contributed by atoms with Gasteiger partial charge in [0.2, 0.25) is 0 Å². The zero-order valence-corrected chi connectivity index (χ0v) is 9.75. The second kappa shape index (κ2) is 8.26. The predicted octanol–water partition coefficient (Wildman–Crippen LogP) is 1.92. The smallest absolute Gasteiger partial charge is 0.417 e. The zero-order valence-electron chi connectivity index (χ0n) is 9.75. The van der Waals surface area contributed by atoms with Crippen molar-refractivity contribution in [1.82, 2.24) is 0 Å². The molecule has 0 fully saturated rings. The van der Waals surface area contributed by atoms with Crippen LogP contribution in [-0.2, 0) is 19.1 Å². The van der Waals surface area contributed by atoms with E-state index in [1.807, 2.05) is 13.8 Å². The molecule has 0 rings (SSSR count). The maximum atomic E-state index is 11.0. The van der Waals surface area contributed by atoms with Crippen molar-refractivity contribution in [1.29, 1.82) is 0 Å². The molecule has 0 bridgehead atoms. The first kappa shape index (κ1) is 13.9. The van der Waals surface area contributed by atoms with Gasteiger partial charge in [-0.25, -0.2) is 9.59 Å².